The summed E-state index contributed by atoms with van der Waals surface area (Å²) in [6, 6.07) is 7.03. The van der Waals surface area contributed by atoms with Crippen molar-refractivity contribution in [3.05, 3.63) is 41.3 Å². The number of rotatable bonds is 21. The second-order valence-electron chi connectivity index (χ2n) is 17.7. The molecule has 12 nitrogen and oxygen atoms in total. The van der Waals surface area contributed by atoms with E-state index in [0.717, 1.165) is 49.6 Å². The van der Waals surface area contributed by atoms with Gasteiger partial charge in [-0.1, -0.05) is 120 Å². The number of carbonyl (C=O) groups is 1. The Morgan fingerprint density at radius 2 is 1.51 bits per heavy atom. The maximum atomic E-state index is 14.2. The molecule has 2 unspecified atom stereocenters. The Bertz CT molecular complexity index is 1870. The number of aromatic amines is 1. The molecule has 0 saturated heterocycles. The van der Waals surface area contributed by atoms with E-state index in [-0.39, 0.29) is 45.8 Å². The average Bonchev–Trinajstić information content (AvgIpc) is 3.61. The van der Waals surface area contributed by atoms with Crippen molar-refractivity contribution in [3.8, 4) is 5.75 Å². The first-order chi connectivity index (χ1) is 24.4. The zero-order valence-electron chi connectivity index (χ0n) is 34.1. The SMILES string of the molecule is CCCCCCCCCCC(Oc1ccc(C(C)(C)CC(C)(C)C)cc1S(=O)(=O)NCCC(C)c1nnc2cc(C(C)(C)C)[nH]n12)C(=O)NS(C)(=O)=O. The molecular weight excluding hydrogens is 713 g/mol. The second-order valence-corrected chi connectivity index (χ2v) is 21.1. The smallest absolute Gasteiger partial charge is 0.274 e. The first-order valence-electron chi connectivity index (χ1n) is 19.2. The van der Waals surface area contributed by atoms with Gasteiger partial charge in [0.2, 0.25) is 20.0 Å². The molecule has 0 spiro atoms. The van der Waals surface area contributed by atoms with E-state index >= 15 is 0 Å². The molecule has 3 N–H and O–H groups in total. The van der Waals surface area contributed by atoms with E-state index < -0.39 is 32.1 Å². The van der Waals surface area contributed by atoms with Crippen molar-refractivity contribution in [1.29, 1.82) is 0 Å². The van der Waals surface area contributed by atoms with Crippen LogP contribution in [0.15, 0.2) is 29.2 Å². The van der Waals surface area contributed by atoms with Crippen LogP contribution in [0.3, 0.4) is 0 Å². The summed E-state index contributed by atoms with van der Waals surface area (Å²) in [5.74, 6) is -0.265. The third-order valence-corrected chi connectivity index (χ3v) is 11.5. The van der Waals surface area contributed by atoms with Crippen molar-refractivity contribution in [2.75, 3.05) is 12.8 Å². The van der Waals surface area contributed by atoms with Gasteiger partial charge in [0.05, 0.1) is 6.26 Å². The van der Waals surface area contributed by atoms with E-state index in [9.17, 15) is 21.6 Å². The topological polar surface area (TPSA) is 165 Å². The molecule has 0 aliphatic rings. The van der Waals surface area contributed by atoms with Crippen molar-refractivity contribution in [2.45, 2.75) is 168 Å². The third-order valence-electron chi connectivity index (χ3n) is 9.49. The molecule has 1 aromatic carbocycles. The lowest BCUT2D eigenvalue weighted by Gasteiger charge is -2.33. The minimum atomic E-state index is -4.16. The summed E-state index contributed by atoms with van der Waals surface area (Å²) in [6.07, 6.45) is 9.45. The Kier molecular flexibility index (Phi) is 15.2. The number of sulfonamides is 2. The lowest BCUT2D eigenvalue weighted by molar-refractivity contribution is -0.126. The highest BCUT2D eigenvalue weighted by atomic mass is 32.2. The summed E-state index contributed by atoms with van der Waals surface area (Å²) < 4.78 is 65.3. The van der Waals surface area contributed by atoms with Gasteiger partial charge >= 0.3 is 0 Å². The lowest BCUT2D eigenvalue weighted by Crippen LogP contribution is -2.41. The van der Waals surface area contributed by atoms with Crippen LogP contribution in [0.1, 0.15) is 163 Å². The van der Waals surface area contributed by atoms with E-state index in [1.807, 2.05) is 28.3 Å². The summed E-state index contributed by atoms with van der Waals surface area (Å²) in [5, 5.41) is 12.1. The minimum Gasteiger partial charge on any atom is -0.479 e. The fraction of sp³-hybridized carbons (Fsp3) is 0.718. The van der Waals surface area contributed by atoms with E-state index in [1.165, 1.54) is 19.3 Å². The van der Waals surface area contributed by atoms with E-state index in [0.29, 0.717) is 24.3 Å². The van der Waals surface area contributed by atoms with Crippen molar-refractivity contribution < 1.29 is 26.4 Å². The van der Waals surface area contributed by atoms with Crippen molar-refractivity contribution in [3.63, 3.8) is 0 Å². The zero-order valence-corrected chi connectivity index (χ0v) is 35.7. The molecule has 0 bridgehead atoms. The predicted molar refractivity (Wildman–Crippen MR) is 212 cm³/mol. The van der Waals surface area contributed by atoms with E-state index in [4.69, 9.17) is 4.74 Å². The second kappa shape index (κ2) is 18.1. The van der Waals surface area contributed by atoms with Gasteiger partial charge < -0.3 is 4.74 Å². The van der Waals surface area contributed by atoms with Gasteiger partial charge in [0.15, 0.2) is 17.6 Å². The highest BCUT2D eigenvalue weighted by molar-refractivity contribution is 7.89. The van der Waals surface area contributed by atoms with Crippen LogP contribution in [-0.4, -0.2) is 61.5 Å². The van der Waals surface area contributed by atoms with Crippen LogP contribution in [0.2, 0.25) is 0 Å². The number of unbranched alkanes of at least 4 members (excludes halogenated alkanes) is 7. The summed E-state index contributed by atoms with van der Waals surface area (Å²) in [6.45, 7) is 21.2. The highest BCUT2D eigenvalue weighted by Gasteiger charge is 2.32. The highest BCUT2D eigenvalue weighted by Crippen LogP contribution is 2.39. The van der Waals surface area contributed by atoms with Crippen LogP contribution in [0, 0.1) is 5.41 Å². The number of benzene rings is 1. The fourth-order valence-electron chi connectivity index (χ4n) is 6.89. The van der Waals surface area contributed by atoms with Crippen LogP contribution in [-0.2, 0) is 35.7 Å². The van der Waals surface area contributed by atoms with Crippen LogP contribution < -0.4 is 14.2 Å². The number of nitrogens with one attached hydrogen (secondary N) is 3. The summed E-state index contributed by atoms with van der Waals surface area (Å²) in [4.78, 5) is 13.2. The lowest BCUT2D eigenvalue weighted by atomic mass is 9.72. The largest absolute Gasteiger partial charge is 0.479 e. The Labute approximate surface area is 319 Å². The number of ether oxygens (including phenoxy) is 1. The molecule has 2 heterocycles. The van der Waals surface area contributed by atoms with Gasteiger partial charge in [-0.15, -0.1) is 10.2 Å². The first kappa shape index (κ1) is 44.4. The zero-order chi connectivity index (χ0) is 39.8. The van der Waals surface area contributed by atoms with E-state index in [2.05, 4.69) is 82.3 Å². The van der Waals surface area contributed by atoms with E-state index in [1.54, 1.807) is 12.1 Å². The van der Waals surface area contributed by atoms with Crippen LogP contribution in [0.25, 0.3) is 5.65 Å². The molecule has 53 heavy (non-hydrogen) atoms. The van der Waals surface area contributed by atoms with Crippen LogP contribution in [0.5, 0.6) is 5.75 Å². The predicted octanol–water partition coefficient (Wildman–Crippen LogP) is 7.89. The van der Waals surface area contributed by atoms with Crippen molar-refractivity contribution in [2.24, 2.45) is 5.41 Å². The number of nitrogens with zero attached hydrogens (tertiary/aromatic N) is 3. The first-order valence-corrected chi connectivity index (χ1v) is 22.6. The number of amides is 1. The number of carbonyl (C=O) groups excluding carboxylic acids is 1. The molecule has 1 amide bonds. The van der Waals surface area contributed by atoms with Gasteiger partial charge in [-0.3, -0.25) is 14.6 Å². The monoisotopic (exact) mass is 778 g/mol. The van der Waals surface area contributed by atoms with Crippen LogP contribution in [0.4, 0.5) is 0 Å². The summed E-state index contributed by atoms with van der Waals surface area (Å²) in [5.41, 5.74) is 2.00. The van der Waals surface area contributed by atoms with Crippen molar-refractivity contribution in [1.82, 2.24) is 29.3 Å². The average molecular weight is 779 g/mol. The maximum Gasteiger partial charge on any atom is 0.274 e. The Hall–Kier alpha value is -2.97. The normalized spacial score (nSPS) is 14.4. The van der Waals surface area contributed by atoms with Gasteiger partial charge in [0.1, 0.15) is 10.6 Å². The summed E-state index contributed by atoms with van der Waals surface area (Å²) in [7, 11) is -8.04. The minimum absolute atomic E-state index is 0.00525. The molecule has 0 fully saturated rings. The number of fused-ring (bicyclic) bond motifs is 1. The Balaban J connectivity index is 1.89. The molecule has 300 valence electrons. The van der Waals surface area contributed by atoms with Gasteiger partial charge in [0, 0.05) is 29.6 Å². The molecule has 0 aliphatic carbocycles. The Morgan fingerprint density at radius 3 is 2.09 bits per heavy atom. The molecule has 14 heteroatoms. The molecule has 0 saturated carbocycles. The maximum absolute atomic E-state index is 14.2. The Morgan fingerprint density at radius 1 is 0.887 bits per heavy atom. The molecule has 0 aliphatic heterocycles. The van der Waals surface area contributed by atoms with Crippen LogP contribution >= 0.6 is 0 Å². The third kappa shape index (κ3) is 13.7. The standard InChI is InChI=1S/C39H66N6O6S2/c1-12-13-14-15-16-17-18-19-20-31(36(46)44-52(11,47)48)51-30-22-21-29(39(9,10)27-37(3,4)5)25-32(30)53(49,50)40-24-23-28(2)35-42-41-34-26-33(38(6,7)8)43-45(34)35/h21-22,25-26,28,31,40,43H,12-20,23-24,27H2,1-11H3,(H,44,46). The van der Waals surface area contributed by atoms with Gasteiger partial charge in [-0.05, 0) is 54.2 Å². The fourth-order valence-corrected chi connectivity index (χ4v) is 8.59. The molecular formula is C39H66N6O6S2. The van der Waals surface area contributed by atoms with Gasteiger partial charge in [-0.2, -0.15) is 0 Å². The number of hydrogen-bond donors (Lipinski definition) is 3. The van der Waals surface area contributed by atoms with Gasteiger partial charge in [0.25, 0.3) is 5.91 Å². The van der Waals surface area contributed by atoms with Crippen molar-refractivity contribution >= 4 is 31.6 Å². The molecule has 0 radical (unpaired) electrons. The molecule has 2 aromatic heterocycles. The molecule has 3 rings (SSSR count). The quantitative estimate of drug-likeness (QED) is 0.0919. The number of aromatic nitrogens is 4. The molecule has 3 aromatic rings. The number of H-pyrrole nitrogens is 1. The van der Waals surface area contributed by atoms with Gasteiger partial charge in [-0.25, -0.2) is 26.1 Å². The summed E-state index contributed by atoms with van der Waals surface area (Å²) >= 11 is 0. The molecule has 2 atom stereocenters. The number of hydrogen-bond acceptors (Lipinski definition) is 8.